The molecule has 1 aliphatic carbocycles. The molecule has 2 rings (SSSR count). The molecule has 1 aliphatic rings. The van der Waals surface area contributed by atoms with Crippen LogP contribution in [0.25, 0.3) is 0 Å². The van der Waals surface area contributed by atoms with Gasteiger partial charge in [-0.1, -0.05) is 37.5 Å². The Morgan fingerprint density at radius 1 is 1.23 bits per heavy atom. The zero-order chi connectivity index (χ0) is 15.8. The Balaban J connectivity index is 1.74. The van der Waals surface area contributed by atoms with Crippen molar-refractivity contribution in [3.05, 3.63) is 35.4 Å². The van der Waals surface area contributed by atoms with Crippen LogP contribution in [0, 0.1) is 17.2 Å². The summed E-state index contributed by atoms with van der Waals surface area (Å²) in [5.41, 5.74) is 1.15. The van der Waals surface area contributed by atoms with Crippen molar-refractivity contribution in [3.63, 3.8) is 0 Å². The highest BCUT2D eigenvalue weighted by molar-refractivity contribution is 5.83. The van der Waals surface area contributed by atoms with Gasteiger partial charge in [-0.15, -0.1) is 0 Å². The molecule has 1 aromatic carbocycles. The number of esters is 1. The maximum absolute atomic E-state index is 11.9. The molecular weight excluding hydrogens is 280 g/mol. The van der Waals surface area contributed by atoms with Crippen molar-refractivity contribution in [1.29, 1.82) is 5.26 Å². The maximum atomic E-state index is 11.9. The fraction of sp³-hybridized carbons (Fsp3) is 0.471. The van der Waals surface area contributed by atoms with Crippen LogP contribution in [0.1, 0.15) is 43.2 Å². The Morgan fingerprint density at radius 3 is 2.68 bits per heavy atom. The minimum Gasteiger partial charge on any atom is -0.459 e. The zero-order valence-corrected chi connectivity index (χ0v) is 12.5. The predicted molar refractivity (Wildman–Crippen MR) is 80.5 cm³/mol. The third-order valence-electron chi connectivity index (χ3n) is 3.91. The average Bonchev–Trinajstić information content (AvgIpc) is 2.58. The smallest absolute Gasteiger partial charge is 0.325 e. The summed E-state index contributed by atoms with van der Waals surface area (Å²) in [6.07, 6.45) is 5.14. The van der Waals surface area contributed by atoms with Crippen LogP contribution in [0.15, 0.2) is 24.3 Å². The summed E-state index contributed by atoms with van der Waals surface area (Å²) in [5.74, 6) is -0.521. The van der Waals surface area contributed by atoms with E-state index in [1.807, 2.05) is 0 Å². The van der Waals surface area contributed by atoms with Crippen molar-refractivity contribution in [1.82, 2.24) is 5.32 Å². The average molecular weight is 300 g/mol. The van der Waals surface area contributed by atoms with Crippen LogP contribution in [-0.4, -0.2) is 18.4 Å². The van der Waals surface area contributed by atoms with Crippen molar-refractivity contribution in [2.24, 2.45) is 5.92 Å². The molecule has 1 aromatic rings. The Morgan fingerprint density at radius 2 is 1.95 bits per heavy atom. The highest BCUT2D eigenvalue weighted by Gasteiger charge is 2.21. The van der Waals surface area contributed by atoms with Crippen LogP contribution in [0.5, 0.6) is 0 Å². The molecule has 1 saturated carbocycles. The summed E-state index contributed by atoms with van der Waals surface area (Å²) in [7, 11) is 0. The molecule has 1 amide bonds. The highest BCUT2D eigenvalue weighted by atomic mass is 16.5. The third kappa shape index (κ3) is 4.59. The Labute approximate surface area is 130 Å². The second-order valence-electron chi connectivity index (χ2n) is 5.48. The molecule has 0 atom stereocenters. The number of carbonyl (C=O) groups excluding carboxylic acids is 2. The molecule has 1 N–H and O–H groups in total. The maximum Gasteiger partial charge on any atom is 0.325 e. The lowest BCUT2D eigenvalue weighted by Gasteiger charge is -2.20. The highest BCUT2D eigenvalue weighted by Crippen LogP contribution is 2.23. The van der Waals surface area contributed by atoms with Gasteiger partial charge in [0.2, 0.25) is 5.91 Å². The number of hydrogen-bond acceptors (Lipinski definition) is 4. The lowest BCUT2D eigenvalue weighted by Crippen LogP contribution is -2.36. The molecule has 0 saturated heterocycles. The first kappa shape index (κ1) is 16.0. The van der Waals surface area contributed by atoms with Gasteiger partial charge < -0.3 is 10.1 Å². The summed E-state index contributed by atoms with van der Waals surface area (Å²) in [6.45, 7) is -0.0775. The molecule has 5 nitrogen and oxygen atoms in total. The minimum atomic E-state index is -0.489. The zero-order valence-electron chi connectivity index (χ0n) is 12.5. The van der Waals surface area contributed by atoms with Crippen LogP contribution in [0.3, 0.4) is 0 Å². The van der Waals surface area contributed by atoms with Gasteiger partial charge >= 0.3 is 5.97 Å². The quantitative estimate of drug-likeness (QED) is 0.846. The molecule has 0 aromatic heterocycles. The predicted octanol–water partition coefficient (Wildman–Crippen LogP) is 2.30. The van der Waals surface area contributed by atoms with E-state index in [1.165, 1.54) is 6.42 Å². The van der Waals surface area contributed by atoms with Crippen molar-refractivity contribution in [2.75, 3.05) is 6.54 Å². The van der Waals surface area contributed by atoms with E-state index in [2.05, 4.69) is 11.4 Å². The van der Waals surface area contributed by atoms with Gasteiger partial charge in [-0.3, -0.25) is 9.59 Å². The second kappa shape index (κ2) is 8.18. The van der Waals surface area contributed by atoms with Gasteiger partial charge in [-0.25, -0.2) is 0 Å². The molecular formula is C17H20N2O3. The fourth-order valence-electron chi connectivity index (χ4n) is 2.63. The number of amides is 1. The Bertz CT molecular complexity index is 572. The molecule has 5 heteroatoms. The van der Waals surface area contributed by atoms with Crippen LogP contribution >= 0.6 is 0 Å². The van der Waals surface area contributed by atoms with Crippen LogP contribution in [-0.2, 0) is 20.9 Å². The van der Waals surface area contributed by atoms with Gasteiger partial charge in [0, 0.05) is 11.5 Å². The Hall–Kier alpha value is -2.35. The van der Waals surface area contributed by atoms with E-state index in [-0.39, 0.29) is 25.0 Å². The van der Waals surface area contributed by atoms with E-state index in [0.717, 1.165) is 25.7 Å². The summed E-state index contributed by atoms with van der Waals surface area (Å²) in [6, 6.07) is 9.01. The molecule has 116 valence electrons. The van der Waals surface area contributed by atoms with Crippen molar-refractivity contribution < 1.29 is 14.3 Å². The number of hydrogen-bond donors (Lipinski definition) is 1. The van der Waals surface area contributed by atoms with Crippen LogP contribution in [0.4, 0.5) is 0 Å². The summed E-state index contributed by atoms with van der Waals surface area (Å²) in [4.78, 5) is 23.6. The van der Waals surface area contributed by atoms with Crippen LogP contribution in [0.2, 0.25) is 0 Å². The van der Waals surface area contributed by atoms with Crippen molar-refractivity contribution in [2.45, 2.75) is 38.7 Å². The SMILES string of the molecule is N#Cc1ccccc1COC(=O)CNC(=O)C1CCCCC1. The summed E-state index contributed by atoms with van der Waals surface area (Å²) < 4.78 is 5.10. The second-order valence-corrected chi connectivity index (χ2v) is 5.48. The van der Waals surface area contributed by atoms with Crippen LogP contribution < -0.4 is 5.32 Å². The topological polar surface area (TPSA) is 79.2 Å². The van der Waals surface area contributed by atoms with Gasteiger partial charge in [0.15, 0.2) is 0 Å². The van der Waals surface area contributed by atoms with E-state index in [1.54, 1.807) is 24.3 Å². The minimum absolute atomic E-state index is 0.0286. The van der Waals surface area contributed by atoms with E-state index in [0.29, 0.717) is 11.1 Å². The first-order valence-electron chi connectivity index (χ1n) is 7.62. The summed E-state index contributed by atoms with van der Waals surface area (Å²) in [5, 5.41) is 11.6. The normalized spacial score (nSPS) is 14.9. The molecule has 0 bridgehead atoms. The molecule has 1 fully saturated rings. The van der Waals surface area contributed by atoms with Gasteiger partial charge in [0.05, 0.1) is 11.6 Å². The monoisotopic (exact) mass is 300 g/mol. The lowest BCUT2D eigenvalue weighted by atomic mass is 9.89. The molecule has 0 spiro atoms. The number of carbonyl (C=O) groups is 2. The molecule has 22 heavy (non-hydrogen) atoms. The molecule has 0 unspecified atom stereocenters. The van der Waals surface area contributed by atoms with Crippen molar-refractivity contribution >= 4 is 11.9 Å². The molecule has 0 heterocycles. The standard InChI is InChI=1S/C17H20N2O3/c18-10-14-8-4-5-9-15(14)12-22-16(20)11-19-17(21)13-6-2-1-3-7-13/h4-5,8-9,13H,1-3,6-7,11-12H2,(H,19,21). The van der Waals surface area contributed by atoms with Gasteiger partial charge in [0.25, 0.3) is 0 Å². The van der Waals surface area contributed by atoms with Gasteiger partial charge in [-0.2, -0.15) is 5.26 Å². The van der Waals surface area contributed by atoms with E-state index in [9.17, 15) is 9.59 Å². The largest absolute Gasteiger partial charge is 0.459 e. The summed E-state index contributed by atoms with van der Waals surface area (Å²) >= 11 is 0. The van der Waals surface area contributed by atoms with E-state index < -0.39 is 5.97 Å². The first-order valence-corrected chi connectivity index (χ1v) is 7.62. The number of nitriles is 1. The first-order chi connectivity index (χ1) is 10.7. The van der Waals surface area contributed by atoms with Gasteiger partial charge in [-0.05, 0) is 18.9 Å². The molecule has 0 aliphatic heterocycles. The van der Waals surface area contributed by atoms with E-state index in [4.69, 9.17) is 10.00 Å². The molecule has 0 radical (unpaired) electrons. The van der Waals surface area contributed by atoms with Gasteiger partial charge in [0.1, 0.15) is 13.2 Å². The number of benzene rings is 1. The van der Waals surface area contributed by atoms with E-state index >= 15 is 0 Å². The fourth-order valence-corrected chi connectivity index (χ4v) is 2.63. The Kier molecular flexibility index (Phi) is 5.96. The number of nitrogens with zero attached hydrogens (tertiary/aromatic N) is 1. The number of rotatable bonds is 5. The number of ether oxygens (including phenoxy) is 1. The third-order valence-corrected chi connectivity index (χ3v) is 3.91. The number of nitrogens with one attached hydrogen (secondary N) is 1. The lowest BCUT2D eigenvalue weighted by molar-refractivity contribution is -0.145. The van der Waals surface area contributed by atoms with Crippen molar-refractivity contribution in [3.8, 4) is 6.07 Å².